The zero-order valence-corrected chi connectivity index (χ0v) is 9.72. The molecule has 0 spiro atoms. The minimum atomic E-state index is 0.570. The molecule has 2 nitrogen and oxygen atoms in total. The fourth-order valence-electron chi connectivity index (χ4n) is 1.18. The summed E-state index contributed by atoms with van der Waals surface area (Å²) in [4.78, 5) is 0. The van der Waals surface area contributed by atoms with Gasteiger partial charge in [0.05, 0.1) is 18.7 Å². The van der Waals surface area contributed by atoms with Crippen molar-refractivity contribution < 1.29 is 9.47 Å². The SMILES string of the molecule is C#CCc1ccc(OC)c(OC)c1Br. The number of hydrogen-bond donors (Lipinski definition) is 0. The highest BCUT2D eigenvalue weighted by atomic mass is 79.9. The van der Waals surface area contributed by atoms with Gasteiger partial charge in [-0.3, -0.25) is 0 Å². The Morgan fingerprint density at radius 3 is 2.57 bits per heavy atom. The molecule has 0 fully saturated rings. The Hall–Kier alpha value is -1.14. The van der Waals surface area contributed by atoms with Crippen LogP contribution in [0.3, 0.4) is 0 Å². The first-order chi connectivity index (χ1) is 6.74. The molecule has 0 saturated carbocycles. The maximum atomic E-state index is 5.25. The van der Waals surface area contributed by atoms with Crippen LogP contribution >= 0.6 is 15.9 Å². The Kier molecular flexibility index (Phi) is 3.84. The molecule has 14 heavy (non-hydrogen) atoms. The summed E-state index contributed by atoms with van der Waals surface area (Å²) < 4.78 is 11.2. The molecule has 0 unspecified atom stereocenters. The van der Waals surface area contributed by atoms with Crippen molar-refractivity contribution in [3.8, 4) is 23.8 Å². The highest BCUT2D eigenvalue weighted by molar-refractivity contribution is 9.10. The first-order valence-electron chi connectivity index (χ1n) is 4.07. The summed E-state index contributed by atoms with van der Waals surface area (Å²) in [5.74, 6) is 3.96. The van der Waals surface area contributed by atoms with Crippen LogP contribution in [-0.2, 0) is 6.42 Å². The van der Waals surface area contributed by atoms with E-state index in [-0.39, 0.29) is 0 Å². The van der Waals surface area contributed by atoms with Gasteiger partial charge in [0.25, 0.3) is 0 Å². The van der Waals surface area contributed by atoms with Gasteiger partial charge in [0.1, 0.15) is 0 Å². The normalized spacial score (nSPS) is 9.29. The summed E-state index contributed by atoms with van der Waals surface area (Å²) in [6.07, 6.45) is 5.82. The quantitative estimate of drug-likeness (QED) is 0.773. The fraction of sp³-hybridized carbons (Fsp3) is 0.273. The van der Waals surface area contributed by atoms with E-state index in [1.54, 1.807) is 14.2 Å². The summed E-state index contributed by atoms with van der Waals surface area (Å²) in [6.45, 7) is 0. The van der Waals surface area contributed by atoms with E-state index >= 15 is 0 Å². The third kappa shape index (κ3) is 2.02. The van der Waals surface area contributed by atoms with E-state index in [4.69, 9.17) is 15.9 Å². The number of terminal acetylenes is 1. The van der Waals surface area contributed by atoms with E-state index in [0.29, 0.717) is 17.9 Å². The second kappa shape index (κ2) is 4.92. The molecule has 0 aliphatic heterocycles. The van der Waals surface area contributed by atoms with Crippen LogP contribution in [0.5, 0.6) is 11.5 Å². The number of rotatable bonds is 3. The molecule has 0 atom stereocenters. The molecule has 0 aliphatic rings. The largest absolute Gasteiger partial charge is 0.493 e. The molecular weight excluding hydrogens is 244 g/mol. The molecule has 1 rings (SSSR count). The smallest absolute Gasteiger partial charge is 0.175 e. The molecule has 0 N–H and O–H groups in total. The Balaban J connectivity index is 3.21. The maximum absolute atomic E-state index is 5.25. The minimum Gasteiger partial charge on any atom is -0.493 e. The van der Waals surface area contributed by atoms with Crippen LogP contribution in [0.2, 0.25) is 0 Å². The molecule has 0 bridgehead atoms. The summed E-state index contributed by atoms with van der Waals surface area (Å²) in [6, 6.07) is 3.77. The van der Waals surface area contributed by atoms with Crippen LogP contribution in [0.4, 0.5) is 0 Å². The van der Waals surface area contributed by atoms with Gasteiger partial charge in [-0.25, -0.2) is 0 Å². The zero-order chi connectivity index (χ0) is 10.6. The highest BCUT2D eigenvalue weighted by Crippen LogP contribution is 2.37. The highest BCUT2D eigenvalue weighted by Gasteiger charge is 2.11. The number of halogens is 1. The summed E-state index contributed by atoms with van der Waals surface area (Å²) in [5, 5.41) is 0. The summed E-state index contributed by atoms with van der Waals surface area (Å²) >= 11 is 3.43. The van der Waals surface area contributed by atoms with Crippen molar-refractivity contribution in [2.45, 2.75) is 6.42 Å². The van der Waals surface area contributed by atoms with Crippen molar-refractivity contribution in [2.24, 2.45) is 0 Å². The molecule has 1 aromatic rings. The van der Waals surface area contributed by atoms with E-state index < -0.39 is 0 Å². The van der Waals surface area contributed by atoms with Gasteiger partial charge in [0.2, 0.25) is 0 Å². The van der Waals surface area contributed by atoms with Gasteiger partial charge >= 0.3 is 0 Å². The van der Waals surface area contributed by atoms with E-state index in [1.807, 2.05) is 12.1 Å². The van der Waals surface area contributed by atoms with E-state index in [0.717, 1.165) is 10.0 Å². The van der Waals surface area contributed by atoms with Gasteiger partial charge in [0.15, 0.2) is 11.5 Å². The van der Waals surface area contributed by atoms with Gasteiger partial charge in [-0.05, 0) is 27.6 Å². The van der Waals surface area contributed by atoms with Crippen LogP contribution in [0.1, 0.15) is 5.56 Å². The zero-order valence-electron chi connectivity index (χ0n) is 8.13. The lowest BCUT2D eigenvalue weighted by Crippen LogP contribution is -1.94. The lowest BCUT2D eigenvalue weighted by atomic mass is 10.1. The van der Waals surface area contributed by atoms with Crippen molar-refractivity contribution in [3.05, 3.63) is 22.2 Å². The van der Waals surface area contributed by atoms with Crippen LogP contribution in [0.25, 0.3) is 0 Å². The monoisotopic (exact) mass is 254 g/mol. The molecule has 0 heterocycles. The second-order valence-electron chi connectivity index (χ2n) is 2.66. The van der Waals surface area contributed by atoms with Gasteiger partial charge in [-0.1, -0.05) is 6.07 Å². The number of methoxy groups -OCH3 is 2. The van der Waals surface area contributed by atoms with Crippen molar-refractivity contribution in [1.82, 2.24) is 0 Å². The molecule has 0 saturated heterocycles. The fourth-order valence-corrected chi connectivity index (χ4v) is 1.81. The predicted molar refractivity (Wildman–Crippen MR) is 59.8 cm³/mol. The van der Waals surface area contributed by atoms with Gasteiger partial charge < -0.3 is 9.47 Å². The van der Waals surface area contributed by atoms with Crippen molar-refractivity contribution in [1.29, 1.82) is 0 Å². The lowest BCUT2D eigenvalue weighted by Gasteiger charge is -2.11. The van der Waals surface area contributed by atoms with E-state index in [2.05, 4.69) is 21.9 Å². The Morgan fingerprint density at radius 2 is 2.07 bits per heavy atom. The number of ether oxygens (including phenoxy) is 2. The van der Waals surface area contributed by atoms with Crippen molar-refractivity contribution in [2.75, 3.05) is 14.2 Å². The Bertz CT molecular complexity index is 366. The first-order valence-corrected chi connectivity index (χ1v) is 4.86. The molecule has 0 aliphatic carbocycles. The van der Waals surface area contributed by atoms with Crippen molar-refractivity contribution in [3.63, 3.8) is 0 Å². The van der Waals surface area contributed by atoms with Crippen LogP contribution in [0.15, 0.2) is 16.6 Å². The van der Waals surface area contributed by atoms with Crippen LogP contribution in [0, 0.1) is 12.3 Å². The number of benzene rings is 1. The molecule has 3 heteroatoms. The average molecular weight is 255 g/mol. The molecule has 0 aromatic heterocycles. The molecule has 74 valence electrons. The Morgan fingerprint density at radius 1 is 1.36 bits per heavy atom. The molecular formula is C11H11BrO2. The second-order valence-corrected chi connectivity index (χ2v) is 3.45. The molecule has 0 radical (unpaired) electrons. The average Bonchev–Trinajstić information content (AvgIpc) is 2.21. The van der Waals surface area contributed by atoms with Gasteiger partial charge in [-0.2, -0.15) is 0 Å². The topological polar surface area (TPSA) is 18.5 Å². The molecule has 1 aromatic carbocycles. The van der Waals surface area contributed by atoms with Crippen LogP contribution < -0.4 is 9.47 Å². The number of hydrogen-bond acceptors (Lipinski definition) is 2. The van der Waals surface area contributed by atoms with Crippen LogP contribution in [-0.4, -0.2) is 14.2 Å². The van der Waals surface area contributed by atoms with E-state index in [9.17, 15) is 0 Å². The van der Waals surface area contributed by atoms with Crippen molar-refractivity contribution >= 4 is 15.9 Å². The molecule has 0 amide bonds. The first kappa shape index (κ1) is 10.9. The summed E-state index contributed by atoms with van der Waals surface area (Å²) in [5.41, 5.74) is 1.02. The third-order valence-corrected chi connectivity index (χ3v) is 2.73. The summed E-state index contributed by atoms with van der Waals surface area (Å²) in [7, 11) is 3.20. The lowest BCUT2D eigenvalue weighted by molar-refractivity contribution is 0.352. The maximum Gasteiger partial charge on any atom is 0.175 e. The standard InChI is InChI=1S/C11H11BrO2/c1-4-5-8-6-7-9(13-2)11(14-3)10(8)12/h1,6-7H,5H2,2-3H3. The van der Waals surface area contributed by atoms with E-state index in [1.165, 1.54) is 0 Å². The predicted octanol–water partition coefficient (Wildman–Crippen LogP) is 2.64. The van der Waals surface area contributed by atoms with Gasteiger partial charge in [0, 0.05) is 6.42 Å². The third-order valence-electron chi connectivity index (χ3n) is 1.86. The minimum absolute atomic E-state index is 0.570. The van der Waals surface area contributed by atoms with Gasteiger partial charge in [-0.15, -0.1) is 12.3 Å². The Labute approximate surface area is 92.3 Å².